The van der Waals surface area contributed by atoms with Crippen molar-refractivity contribution in [2.24, 2.45) is 0 Å². The van der Waals surface area contributed by atoms with Crippen LogP contribution >= 0.6 is 0 Å². The van der Waals surface area contributed by atoms with Crippen LogP contribution in [0, 0.1) is 0 Å². The molecule has 33 heavy (non-hydrogen) atoms. The van der Waals surface area contributed by atoms with Crippen LogP contribution in [0.2, 0.25) is 0 Å². The summed E-state index contributed by atoms with van der Waals surface area (Å²) in [5.41, 5.74) is 3.93. The van der Waals surface area contributed by atoms with Gasteiger partial charge < -0.3 is 4.74 Å². The molecule has 0 saturated carbocycles. The molecule has 0 spiro atoms. The Bertz CT molecular complexity index is 1400. The number of unbranched alkanes of at least 4 members (excludes halogenated alkanes) is 1. The van der Waals surface area contributed by atoms with E-state index in [1.54, 1.807) is 7.11 Å². The van der Waals surface area contributed by atoms with Crippen LogP contribution in [0.4, 0.5) is 0 Å². The molecule has 5 aromatic rings. The summed E-state index contributed by atoms with van der Waals surface area (Å²) in [5, 5.41) is 18.7. The van der Waals surface area contributed by atoms with Gasteiger partial charge in [0, 0.05) is 16.5 Å². The van der Waals surface area contributed by atoms with Crippen molar-refractivity contribution in [3.8, 4) is 28.4 Å². The molecule has 0 radical (unpaired) electrons. The van der Waals surface area contributed by atoms with E-state index in [0.717, 1.165) is 63.2 Å². The van der Waals surface area contributed by atoms with E-state index in [0.29, 0.717) is 5.82 Å². The number of aromatic nitrogens is 5. The number of methoxy groups -OCH3 is 1. The van der Waals surface area contributed by atoms with Crippen LogP contribution < -0.4 is 4.74 Å². The van der Waals surface area contributed by atoms with Crippen molar-refractivity contribution < 1.29 is 4.74 Å². The van der Waals surface area contributed by atoms with Gasteiger partial charge in [-0.3, -0.25) is 15.1 Å². The summed E-state index contributed by atoms with van der Waals surface area (Å²) in [5.74, 6) is 2.43. The summed E-state index contributed by atoms with van der Waals surface area (Å²) in [6.07, 6.45) is 2.37. The molecular weight excluding hydrogens is 412 g/mol. The number of ether oxygens (including phenoxy) is 1. The van der Waals surface area contributed by atoms with Crippen LogP contribution in [0.3, 0.4) is 0 Å². The minimum absolute atomic E-state index is 0.702. The fourth-order valence-electron chi connectivity index (χ4n) is 4.13. The molecule has 7 nitrogen and oxygen atoms in total. The second kappa shape index (κ2) is 9.03. The van der Waals surface area contributed by atoms with E-state index in [4.69, 9.17) is 9.72 Å². The number of benzene rings is 3. The third-order valence-corrected chi connectivity index (χ3v) is 5.99. The summed E-state index contributed by atoms with van der Waals surface area (Å²) < 4.78 is 5.34. The van der Waals surface area contributed by atoms with Crippen LogP contribution in [0.1, 0.15) is 25.6 Å². The zero-order chi connectivity index (χ0) is 22.8. The summed E-state index contributed by atoms with van der Waals surface area (Å²) >= 11 is 0. The van der Waals surface area contributed by atoms with Crippen molar-refractivity contribution in [3.05, 3.63) is 60.4 Å². The first-order valence-electron chi connectivity index (χ1n) is 11.3. The Morgan fingerprint density at radius 1 is 0.909 bits per heavy atom. The molecule has 0 bridgehead atoms. The lowest BCUT2D eigenvalue weighted by molar-refractivity contribution is 0.313. The number of aromatic amines is 2. The first-order valence-corrected chi connectivity index (χ1v) is 11.3. The third-order valence-electron chi connectivity index (χ3n) is 5.99. The summed E-state index contributed by atoms with van der Waals surface area (Å²) in [6, 6.07) is 18.6. The molecule has 0 fully saturated rings. The second-order valence-corrected chi connectivity index (χ2v) is 8.46. The van der Waals surface area contributed by atoms with Gasteiger partial charge in [0.25, 0.3) is 0 Å². The monoisotopic (exact) mass is 440 g/mol. The topological polar surface area (TPSA) is 82.7 Å². The molecule has 0 aliphatic rings. The quantitative estimate of drug-likeness (QED) is 0.337. The van der Waals surface area contributed by atoms with E-state index in [9.17, 15) is 0 Å². The number of hydrogen-bond acceptors (Lipinski definition) is 5. The van der Waals surface area contributed by atoms with E-state index in [1.807, 2.05) is 24.3 Å². The van der Waals surface area contributed by atoms with Crippen molar-refractivity contribution in [3.63, 3.8) is 0 Å². The molecule has 168 valence electrons. The Balaban J connectivity index is 1.46. The third kappa shape index (κ3) is 4.32. The zero-order valence-corrected chi connectivity index (χ0v) is 19.2. The highest BCUT2D eigenvalue weighted by atomic mass is 16.5. The molecule has 0 aliphatic carbocycles. The van der Waals surface area contributed by atoms with Crippen LogP contribution in [0.25, 0.3) is 44.3 Å². The number of H-pyrrole nitrogens is 2. The van der Waals surface area contributed by atoms with Crippen molar-refractivity contribution in [2.45, 2.75) is 26.3 Å². The molecule has 0 atom stereocenters. The maximum atomic E-state index is 5.34. The molecule has 7 heteroatoms. The maximum Gasteiger partial charge on any atom is 0.181 e. The van der Waals surface area contributed by atoms with Gasteiger partial charge in [-0.25, -0.2) is 4.98 Å². The van der Waals surface area contributed by atoms with Crippen molar-refractivity contribution in [1.29, 1.82) is 0 Å². The molecule has 0 unspecified atom stereocenters. The standard InChI is InChI=1S/C26H28N6O/c1-4-5-12-32(2)16-24-27-26(31-29-24)20-9-11-23-22(15-20)25(30-28-23)19-7-6-18-14-21(33-3)10-8-17(18)13-19/h6-11,13-15H,4-5,12,16H2,1-3H3,(H,28,30)(H,27,29,31). The zero-order valence-electron chi connectivity index (χ0n) is 19.2. The lowest BCUT2D eigenvalue weighted by Gasteiger charge is -2.13. The normalized spacial score (nSPS) is 11.6. The van der Waals surface area contributed by atoms with Crippen LogP contribution in [-0.2, 0) is 6.54 Å². The van der Waals surface area contributed by atoms with E-state index in [-0.39, 0.29) is 0 Å². The smallest absolute Gasteiger partial charge is 0.181 e. The van der Waals surface area contributed by atoms with Gasteiger partial charge in [-0.1, -0.05) is 31.5 Å². The number of nitrogens with zero attached hydrogens (tertiary/aromatic N) is 4. The molecule has 0 amide bonds. The van der Waals surface area contributed by atoms with E-state index < -0.39 is 0 Å². The molecule has 2 aromatic heterocycles. The average molecular weight is 441 g/mol. The fraction of sp³-hybridized carbons (Fsp3) is 0.269. The average Bonchev–Trinajstić information content (AvgIpc) is 3.48. The van der Waals surface area contributed by atoms with Gasteiger partial charge in [-0.05, 0) is 67.2 Å². The van der Waals surface area contributed by atoms with E-state index in [1.165, 1.54) is 12.8 Å². The van der Waals surface area contributed by atoms with Gasteiger partial charge in [0.2, 0.25) is 0 Å². The Kier molecular flexibility index (Phi) is 5.79. The van der Waals surface area contributed by atoms with E-state index in [2.05, 4.69) is 69.6 Å². The minimum Gasteiger partial charge on any atom is -0.497 e. The number of nitrogens with one attached hydrogen (secondary N) is 2. The SMILES string of the molecule is CCCCN(C)Cc1nc(-c2ccc3[nH]nc(-c4ccc5cc(OC)ccc5c4)c3c2)n[nH]1. The maximum absolute atomic E-state index is 5.34. The summed E-state index contributed by atoms with van der Waals surface area (Å²) in [7, 11) is 3.80. The first-order chi connectivity index (χ1) is 16.1. The lowest BCUT2D eigenvalue weighted by Crippen LogP contribution is -2.19. The number of hydrogen-bond donors (Lipinski definition) is 2. The summed E-state index contributed by atoms with van der Waals surface area (Å²) in [4.78, 5) is 6.99. The molecule has 3 aromatic carbocycles. The van der Waals surface area contributed by atoms with Crippen LogP contribution in [0.5, 0.6) is 5.75 Å². The predicted octanol–water partition coefficient (Wildman–Crippen LogP) is 5.41. The van der Waals surface area contributed by atoms with Gasteiger partial charge in [0.15, 0.2) is 5.82 Å². The molecule has 0 aliphatic heterocycles. The highest BCUT2D eigenvalue weighted by Gasteiger charge is 2.13. The largest absolute Gasteiger partial charge is 0.497 e. The Labute approximate surface area is 192 Å². The second-order valence-electron chi connectivity index (χ2n) is 8.46. The van der Waals surface area contributed by atoms with Gasteiger partial charge in [-0.15, -0.1) is 0 Å². The molecular formula is C26H28N6O. The van der Waals surface area contributed by atoms with Gasteiger partial charge >= 0.3 is 0 Å². The first kappa shape index (κ1) is 21.2. The highest BCUT2D eigenvalue weighted by Crippen LogP contribution is 2.32. The van der Waals surface area contributed by atoms with Gasteiger partial charge in [0.1, 0.15) is 11.6 Å². The Morgan fingerprint density at radius 2 is 1.73 bits per heavy atom. The molecule has 2 N–H and O–H groups in total. The van der Waals surface area contributed by atoms with Gasteiger partial charge in [-0.2, -0.15) is 10.2 Å². The Morgan fingerprint density at radius 3 is 2.58 bits per heavy atom. The van der Waals surface area contributed by atoms with Gasteiger partial charge in [0.05, 0.1) is 24.9 Å². The number of fused-ring (bicyclic) bond motifs is 2. The fourth-order valence-corrected chi connectivity index (χ4v) is 4.13. The van der Waals surface area contributed by atoms with Crippen LogP contribution in [-0.4, -0.2) is 51.0 Å². The van der Waals surface area contributed by atoms with Crippen molar-refractivity contribution in [2.75, 3.05) is 20.7 Å². The highest BCUT2D eigenvalue weighted by molar-refractivity contribution is 5.97. The minimum atomic E-state index is 0.702. The van der Waals surface area contributed by atoms with Crippen LogP contribution in [0.15, 0.2) is 54.6 Å². The molecule has 2 heterocycles. The molecule has 0 saturated heterocycles. The van der Waals surface area contributed by atoms with Crippen molar-refractivity contribution >= 4 is 21.7 Å². The molecule has 5 rings (SSSR count). The van der Waals surface area contributed by atoms with E-state index >= 15 is 0 Å². The number of rotatable bonds is 8. The Hall–Kier alpha value is -3.71. The van der Waals surface area contributed by atoms with Crippen molar-refractivity contribution in [1.82, 2.24) is 30.3 Å². The predicted molar refractivity (Wildman–Crippen MR) is 132 cm³/mol. The summed E-state index contributed by atoms with van der Waals surface area (Å²) in [6.45, 7) is 4.01. The lowest BCUT2D eigenvalue weighted by atomic mass is 10.0.